The molecule has 0 spiro atoms. The summed E-state index contributed by atoms with van der Waals surface area (Å²) in [5.74, 6) is 0.802. The maximum Gasteiger partial charge on any atom is 0.191 e. The first kappa shape index (κ1) is 24.5. The molecule has 33 heavy (non-hydrogen) atoms. The summed E-state index contributed by atoms with van der Waals surface area (Å²) in [7, 11) is 1.80. The van der Waals surface area contributed by atoms with Crippen molar-refractivity contribution in [1.82, 2.24) is 30.0 Å². The summed E-state index contributed by atoms with van der Waals surface area (Å²) in [5, 5.41) is 11.0. The van der Waals surface area contributed by atoms with E-state index in [-0.39, 0.29) is 24.0 Å². The first-order chi connectivity index (χ1) is 15.8. The summed E-state index contributed by atoms with van der Waals surface area (Å²) < 4.78 is 4.01. The van der Waals surface area contributed by atoms with Crippen LogP contribution in [0.5, 0.6) is 0 Å². The zero-order valence-corrected chi connectivity index (χ0v) is 21.1. The van der Waals surface area contributed by atoms with Crippen LogP contribution in [0.2, 0.25) is 0 Å². The Balaban J connectivity index is 0.00000306. The van der Waals surface area contributed by atoms with Crippen molar-refractivity contribution < 1.29 is 0 Å². The predicted molar refractivity (Wildman–Crippen MR) is 144 cm³/mol. The number of benzene rings is 2. The van der Waals surface area contributed by atoms with Crippen LogP contribution in [0, 0.1) is 0 Å². The van der Waals surface area contributed by atoms with Gasteiger partial charge in [0, 0.05) is 58.0 Å². The van der Waals surface area contributed by atoms with E-state index in [0.29, 0.717) is 6.54 Å². The smallest absolute Gasteiger partial charge is 0.191 e. The Bertz CT molecular complexity index is 1100. The van der Waals surface area contributed by atoms with Crippen LogP contribution in [-0.4, -0.2) is 38.9 Å². The second-order valence-corrected chi connectivity index (χ2v) is 7.56. The topological polar surface area (TPSA) is 72.1 Å². The molecule has 0 bridgehead atoms. The van der Waals surface area contributed by atoms with E-state index < -0.39 is 0 Å². The Morgan fingerprint density at radius 3 is 2.55 bits per heavy atom. The molecule has 0 amide bonds. The number of aromatic nitrogens is 4. The Morgan fingerprint density at radius 1 is 0.970 bits per heavy atom. The molecule has 0 saturated heterocycles. The number of halogens is 1. The zero-order chi connectivity index (χ0) is 22.0. The van der Waals surface area contributed by atoms with Gasteiger partial charge in [0.1, 0.15) is 0 Å². The minimum Gasteiger partial charge on any atom is -0.356 e. The molecule has 2 N–H and O–H groups in total. The predicted octanol–water partition coefficient (Wildman–Crippen LogP) is 4.17. The number of aryl methyl sites for hydroxylation is 1. The molecule has 0 fully saturated rings. The third kappa shape index (κ3) is 7.18. The number of guanidine groups is 1. The van der Waals surface area contributed by atoms with Crippen LogP contribution >= 0.6 is 24.0 Å². The number of imidazole rings is 1. The molecule has 0 aliphatic heterocycles. The summed E-state index contributed by atoms with van der Waals surface area (Å²) in [5.41, 5.74) is 4.92. The Kier molecular flexibility index (Phi) is 9.49. The van der Waals surface area contributed by atoms with Gasteiger partial charge in [-0.2, -0.15) is 5.10 Å². The lowest BCUT2D eigenvalue weighted by Gasteiger charge is -2.15. The van der Waals surface area contributed by atoms with Crippen molar-refractivity contribution in [3.05, 3.63) is 96.8 Å². The molecule has 0 aliphatic carbocycles. The first-order valence-electron chi connectivity index (χ1n) is 10.9. The molecule has 7 nitrogen and oxygen atoms in total. The highest BCUT2D eigenvalue weighted by Crippen LogP contribution is 2.24. The summed E-state index contributed by atoms with van der Waals surface area (Å²) in [4.78, 5) is 8.46. The highest BCUT2D eigenvalue weighted by Gasteiger charge is 2.06. The maximum absolute atomic E-state index is 4.35. The summed E-state index contributed by atoms with van der Waals surface area (Å²) in [6.07, 6.45) is 10.4. The van der Waals surface area contributed by atoms with Gasteiger partial charge >= 0.3 is 0 Å². The Labute approximate surface area is 212 Å². The molecule has 2 aromatic heterocycles. The lowest BCUT2D eigenvalue weighted by molar-refractivity contribution is 0.570. The molecular weight excluding hydrogens is 525 g/mol. The minimum atomic E-state index is 0. The van der Waals surface area contributed by atoms with Gasteiger partial charge in [-0.05, 0) is 34.7 Å². The van der Waals surface area contributed by atoms with Gasteiger partial charge in [0.2, 0.25) is 0 Å². The first-order valence-corrected chi connectivity index (χ1v) is 10.9. The zero-order valence-electron chi connectivity index (χ0n) is 18.8. The number of rotatable bonds is 9. The maximum atomic E-state index is 4.35. The molecule has 172 valence electrons. The van der Waals surface area contributed by atoms with E-state index in [4.69, 9.17) is 0 Å². The van der Waals surface area contributed by atoms with Gasteiger partial charge in [-0.1, -0.05) is 48.5 Å². The summed E-state index contributed by atoms with van der Waals surface area (Å²) >= 11 is 0. The van der Waals surface area contributed by atoms with Gasteiger partial charge in [0.25, 0.3) is 0 Å². The van der Waals surface area contributed by atoms with E-state index in [9.17, 15) is 0 Å². The van der Waals surface area contributed by atoms with Gasteiger partial charge < -0.3 is 15.2 Å². The molecular formula is C25H30IN7. The van der Waals surface area contributed by atoms with Crippen LogP contribution < -0.4 is 10.6 Å². The monoisotopic (exact) mass is 555 g/mol. The highest BCUT2D eigenvalue weighted by molar-refractivity contribution is 14.0. The van der Waals surface area contributed by atoms with E-state index >= 15 is 0 Å². The van der Waals surface area contributed by atoms with Crippen molar-refractivity contribution in [3.8, 4) is 11.1 Å². The fourth-order valence-corrected chi connectivity index (χ4v) is 3.62. The van der Waals surface area contributed by atoms with Gasteiger partial charge in [0.05, 0.1) is 6.33 Å². The highest BCUT2D eigenvalue weighted by atomic mass is 127. The summed E-state index contributed by atoms with van der Waals surface area (Å²) in [6, 6.07) is 19.2. The second kappa shape index (κ2) is 12.8. The molecule has 0 atom stereocenters. The van der Waals surface area contributed by atoms with Crippen LogP contribution in [0.25, 0.3) is 11.1 Å². The van der Waals surface area contributed by atoms with E-state index in [2.05, 4.69) is 78.8 Å². The third-order valence-corrected chi connectivity index (χ3v) is 5.29. The SMILES string of the molecule is CN=C(NCCCn1cccn1)NCc1ccccc1-c1ccc(Cn2ccnc2)cc1.I. The van der Waals surface area contributed by atoms with E-state index in [1.54, 1.807) is 19.4 Å². The molecule has 4 aromatic rings. The lowest BCUT2D eigenvalue weighted by Crippen LogP contribution is -2.37. The molecule has 0 unspecified atom stereocenters. The van der Waals surface area contributed by atoms with Gasteiger partial charge in [0.15, 0.2) is 5.96 Å². The Morgan fingerprint density at radius 2 is 1.82 bits per heavy atom. The van der Waals surface area contributed by atoms with Crippen molar-refractivity contribution in [1.29, 1.82) is 0 Å². The molecule has 2 heterocycles. The lowest BCUT2D eigenvalue weighted by atomic mass is 9.98. The number of hydrogen-bond acceptors (Lipinski definition) is 3. The molecule has 0 radical (unpaired) electrons. The van der Waals surface area contributed by atoms with Crippen molar-refractivity contribution in [3.63, 3.8) is 0 Å². The van der Waals surface area contributed by atoms with Gasteiger partial charge in [-0.25, -0.2) is 4.98 Å². The van der Waals surface area contributed by atoms with Crippen molar-refractivity contribution >= 4 is 29.9 Å². The third-order valence-electron chi connectivity index (χ3n) is 5.29. The van der Waals surface area contributed by atoms with Gasteiger partial charge in [-0.15, -0.1) is 24.0 Å². The van der Waals surface area contributed by atoms with E-state index in [1.165, 1.54) is 22.3 Å². The fourth-order valence-electron chi connectivity index (χ4n) is 3.62. The van der Waals surface area contributed by atoms with Crippen LogP contribution in [0.4, 0.5) is 0 Å². The number of nitrogens with zero attached hydrogens (tertiary/aromatic N) is 5. The number of aliphatic imine (C=N–C) groups is 1. The van der Waals surface area contributed by atoms with E-state index in [0.717, 1.165) is 32.0 Å². The average molecular weight is 555 g/mol. The number of nitrogens with one attached hydrogen (secondary N) is 2. The van der Waals surface area contributed by atoms with Gasteiger partial charge in [-0.3, -0.25) is 9.67 Å². The van der Waals surface area contributed by atoms with Crippen molar-refractivity contribution in [2.45, 2.75) is 26.1 Å². The minimum absolute atomic E-state index is 0. The average Bonchev–Trinajstić information content (AvgIpc) is 3.54. The number of hydrogen-bond donors (Lipinski definition) is 2. The molecule has 0 saturated carbocycles. The second-order valence-electron chi connectivity index (χ2n) is 7.56. The quantitative estimate of drug-likeness (QED) is 0.141. The van der Waals surface area contributed by atoms with Crippen LogP contribution in [0.1, 0.15) is 17.5 Å². The van der Waals surface area contributed by atoms with E-state index in [1.807, 2.05) is 29.5 Å². The molecule has 2 aromatic carbocycles. The largest absolute Gasteiger partial charge is 0.356 e. The fraction of sp³-hybridized carbons (Fsp3) is 0.240. The Hall–Kier alpha value is -3.14. The molecule has 8 heteroatoms. The molecule has 4 rings (SSSR count). The summed E-state index contributed by atoms with van der Waals surface area (Å²) in [6.45, 7) is 3.24. The standard InChI is InChI=1S/C25H29N7.HI/c1-26-25(28-12-4-15-32-16-5-13-30-32)29-18-23-6-2-3-7-24(23)22-10-8-21(9-11-22)19-31-17-14-27-20-31;/h2-3,5-11,13-14,16-17,20H,4,12,15,18-19H2,1H3,(H2,26,28,29);1H. The van der Waals surface area contributed by atoms with Crippen LogP contribution in [-0.2, 0) is 19.6 Å². The van der Waals surface area contributed by atoms with Crippen LogP contribution in [0.3, 0.4) is 0 Å². The molecule has 0 aliphatic rings. The van der Waals surface area contributed by atoms with Crippen molar-refractivity contribution in [2.75, 3.05) is 13.6 Å². The van der Waals surface area contributed by atoms with Crippen molar-refractivity contribution in [2.24, 2.45) is 4.99 Å². The normalized spacial score (nSPS) is 11.1. The van der Waals surface area contributed by atoms with Crippen LogP contribution in [0.15, 0.2) is 90.7 Å².